The van der Waals surface area contributed by atoms with Crippen molar-refractivity contribution in [3.8, 4) is 11.5 Å². The van der Waals surface area contributed by atoms with Crippen molar-refractivity contribution in [2.24, 2.45) is 17.6 Å². The Balaban J connectivity index is 1.78. The lowest BCUT2D eigenvalue weighted by molar-refractivity contribution is 0.245. The van der Waals surface area contributed by atoms with Crippen LogP contribution in [0.4, 0.5) is 0 Å². The lowest BCUT2D eigenvalue weighted by atomic mass is 9.81. The molecule has 1 aliphatic carbocycles. The highest BCUT2D eigenvalue weighted by molar-refractivity contribution is 6.31. The minimum Gasteiger partial charge on any atom is -0.497 e. The molecule has 0 radical (unpaired) electrons. The fraction of sp³-hybridized carbons (Fsp3) is 0.385. The molecule has 4 rings (SSSR count). The van der Waals surface area contributed by atoms with Gasteiger partial charge in [0, 0.05) is 17.1 Å². The highest BCUT2D eigenvalue weighted by Crippen LogP contribution is 2.30. The van der Waals surface area contributed by atoms with E-state index in [4.69, 9.17) is 31.8 Å². The summed E-state index contributed by atoms with van der Waals surface area (Å²) in [5.41, 5.74) is 7.32. The molecular weight excluding hydrogens is 438 g/mol. The number of nitrogens with zero attached hydrogens (tertiary/aromatic N) is 2. The number of fused-ring (bicyclic) bond motifs is 1. The maximum absolute atomic E-state index is 13.5. The Morgan fingerprint density at radius 1 is 1.12 bits per heavy atom. The van der Waals surface area contributed by atoms with Gasteiger partial charge in [0.05, 0.1) is 25.1 Å². The van der Waals surface area contributed by atoms with Gasteiger partial charge < -0.3 is 15.2 Å². The van der Waals surface area contributed by atoms with Crippen LogP contribution in [0.5, 0.6) is 11.5 Å². The predicted octanol–water partition coefficient (Wildman–Crippen LogP) is 5.00. The summed E-state index contributed by atoms with van der Waals surface area (Å²) in [5.74, 6) is 2.94. The summed E-state index contributed by atoms with van der Waals surface area (Å²) in [6, 6.07) is 10.8. The van der Waals surface area contributed by atoms with Crippen LogP contribution in [0, 0.1) is 11.8 Å². The Morgan fingerprint density at radius 3 is 2.70 bits per heavy atom. The summed E-state index contributed by atoms with van der Waals surface area (Å²) >= 11 is 6.19. The Morgan fingerprint density at radius 2 is 1.94 bits per heavy atom. The van der Waals surface area contributed by atoms with E-state index in [0.29, 0.717) is 52.4 Å². The molecule has 174 valence electrons. The van der Waals surface area contributed by atoms with E-state index in [1.165, 1.54) is 6.42 Å². The van der Waals surface area contributed by atoms with Crippen LogP contribution >= 0.6 is 11.6 Å². The smallest absolute Gasteiger partial charge is 0.261 e. The molecule has 2 atom stereocenters. The van der Waals surface area contributed by atoms with E-state index < -0.39 is 0 Å². The van der Waals surface area contributed by atoms with Gasteiger partial charge in [-0.1, -0.05) is 18.0 Å². The minimum atomic E-state index is -0.0520. The Hall–Kier alpha value is -2.83. The summed E-state index contributed by atoms with van der Waals surface area (Å²) in [5, 5.41) is 1.12. The third-order valence-corrected chi connectivity index (χ3v) is 6.70. The topological polar surface area (TPSA) is 79.4 Å². The van der Waals surface area contributed by atoms with Crippen molar-refractivity contribution < 1.29 is 9.47 Å². The number of aromatic nitrogens is 2. The van der Waals surface area contributed by atoms with Gasteiger partial charge in [-0.15, -0.1) is 0 Å². The molecular formula is C26H30ClN3O3. The van der Waals surface area contributed by atoms with Gasteiger partial charge >= 0.3 is 0 Å². The SMILES string of the molecule is COc1ccc(OC)c(C=Cc2nc3cc(Cl)ccc3c(=O)n2CC2CCCC(CN)C2)c1. The molecule has 1 heterocycles. The normalized spacial score (nSPS) is 18.7. The van der Waals surface area contributed by atoms with Crippen LogP contribution in [0.2, 0.25) is 5.02 Å². The van der Waals surface area contributed by atoms with Crippen molar-refractivity contribution in [1.29, 1.82) is 0 Å². The van der Waals surface area contributed by atoms with Crippen LogP contribution < -0.4 is 20.8 Å². The molecule has 0 spiro atoms. The van der Waals surface area contributed by atoms with Crippen LogP contribution in [0.1, 0.15) is 37.1 Å². The molecule has 2 N–H and O–H groups in total. The predicted molar refractivity (Wildman–Crippen MR) is 134 cm³/mol. The molecule has 0 amide bonds. The highest BCUT2D eigenvalue weighted by atomic mass is 35.5. The standard InChI is InChI=1S/C26H30ClN3O3/c1-32-21-8-10-24(33-2)19(13-21)6-11-25-29-23-14-20(27)7-9-22(23)26(31)30(25)16-18-5-3-4-17(12-18)15-28/h6-11,13-14,17-18H,3-5,12,15-16,28H2,1-2H3. The van der Waals surface area contributed by atoms with Gasteiger partial charge in [-0.3, -0.25) is 9.36 Å². The van der Waals surface area contributed by atoms with Crippen LogP contribution in [0.15, 0.2) is 41.2 Å². The number of halogens is 1. The first-order valence-corrected chi connectivity index (χ1v) is 11.7. The molecule has 2 unspecified atom stereocenters. The minimum absolute atomic E-state index is 0.0520. The van der Waals surface area contributed by atoms with E-state index in [9.17, 15) is 4.79 Å². The van der Waals surface area contributed by atoms with Crippen molar-refractivity contribution in [3.05, 3.63) is 63.2 Å². The first kappa shape index (κ1) is 23.3. The average molecular weight is 468 g/mol. The summed E-state index contributed by atoms with van der Waals surface area (Å²) in [6.45, 7) is 1.32. The number of nitrogens with two attached hydrogens (primary N) is 1. The van der Waals surface area contributed by atoms with Crippen molar-refractivity contribution in [1.82, 2.24) is 9.55 Å². The van der Waals surface area contributed by atoms with Crippen molar-refractivity contribution in [3.63, 3.8) is 0 Å². The van der Waals surface area contributed by atoms with Crippen LogP contribution in [0.3, 0.4) is 0 Å². The molecule has 1 aliphatic rings. The number of rotatable bonds is 7. The van der Waals surface area contributed by atoms with Gasteiger partial charge in [-0.05, 0) is 86.2 Å². The largest absolute Gasteiger partial charge is 0.497 e. The van der Waals surface area contributed by atoms with E-state index in [-0.39, 0.29) is 5.56 Å². The quantitative estimate of drug-likeness (QED) is 0.528. The Bertz CT molecular complexity index is 1220. The number of methoxy groups -OCH3 is 2. The zero-order valence-corrected chi connectivity index (χ0v) is 19.8. The molecule has 1 saturated carbocycles. The Kier molecular flexibility index (Phi) is 7.36. The summed E-state index contributed by atoms with van der Waals surface area (Å²) in [7, 11) is 3.25. The lowest BCUT2D eigenvalue weighted by Crippen LogP contribution is -2.31. The van der Waals surface area contributed by atoms with E-state index in [0.717, 1.165) is 30.6 Å². The number of ether oxygens (including phenoxy) is 2. The van der Waals surface area contributed by atoms with Gasteiger partial charge in [-0.25, -0.2) is 4.98 Å². The molecule has 7 heteroatoms. The highest BCUT2D eigenvalue weighted by Gasteiger charge is 2.23. The molecule has 1 fully saturated rings. The zero-order chi connectivity index (χ0) is 23.4. The first-order valence-electron chi connectivity index (χ1n) is 11.3. The van der Waals surface area contributed by atoms with Gasteiger partial charge in [0.1, 0.15) is 17.3 Å². The van der Waals surface area contributed by atoms with Gasteiger partial charge in [0.15, 0.2) is 0 Å². The Labute approximate surface area is 199 Å². The van der Waals surface area contributed by atoms with E-state index >= 15 is 0 Å². The maximum atomic E-state index is 13.5. The lowest BCUT2D eigenvalue weighted by Gasteiger charge is -2.29. The second-order valence-electron chi connectivity index (χ2n) is 8.62. The van der Waals surface area contributed by atoms with E-state index in [1.54, 1.807) is 37.0 Å². The van der Waals surface area contributed by atoms with Crippen LogP contribution in [0.25, 0.3) is 23.1 Å². The molecule has 6 nitrogen and oxygen atoms in total. The summed E-state index contributed by atoms with van der Waals surface area (Å²) in [4.78, 5) is 18.3. The fourth-order valence-corrected chi connectivity index (χ4v) is 4.86. The number of hydrogen-bond acceptors (Lipinski definition) is 5. The third kappa shape index (κ3) is 5.23. The number of benzene rings is 2. The van der Waals surface area contributed by atoms with E-state index in [2.05, 4.69) is 0 Å². The van der Waals surface area contributed by atoms with Crippen molar-refractivity contribution in [2.45, 2.75) is 32.2 Å². The second kappa shape index (κ2) is 10.4. The summed E-state index contributed by atoms with van der Waals surface area (Å²) < 4.78 is 12.6. The van der Waals surface area contributed by atoms with Crippen molar-refractivity contribution in [2.75, 3.05) is 20.8 Å². The molecule has 0 saturated heterocycles. The molecule has 0 aliphatic heterocycles. The monoisotopic (exact) mass is 467 g/mol. The van der Waals surface area contributed by atoms with Crippen LogP contribution in [-0.2, 0) is 6.54 Å². The van der Waals surface area contributed by atoms with Gasteiger partial charge in [0.25, 0.3) is 5.56 Å². The second-order valence-corrected chi connectivity index (χ2v) is 9.06. The zero-order valence-electron chi connectivity index (χ0n) is 19.1. The molecule has 3 aromatic rings. The molecule has 0 bridgehead atoms. The molecule has 33 heavy (non-hydrogen) atoms. The fourth-order valence-electron chi connectivity index (χ4n) is 4.69. The molecule has 1 aromatic heterocycles. The van der Waals surface area contributed by atoms with Gasteiger partial charge in [-0.2, -0.15) is 0 Å². The average Bonchev–Trinajstić information content (AvgIpc) is 2.84. The van der Waals surface area contributed by atoms with Crippen molar-refractivity contribution >= 4 is 34.7 Å². The molecule has 2 aromatic carbocycles. The number of hydrogen-bond donors (Lipinski definition) is 1. The first-order chi connectivity index (χ1) is 16.0. The van der Waals surface area contributed by atoms with E-state index in [1.807, 2.05) is 30.4 Å². The van der Waals surface area contributed by atoms with Crippen LogP contribution in [-0.4, -0.2) is 30.3 Å². The third-order valence-electron chi connectivity index (χ3n) is 6.46. The maximum Gasteiger partial charge on any atom is 0.261 e. The summed E-state index contributed by atoms with van der Waals surface area (Å²) in [6.07, 6.45) is 8.20. The van der Waals surface area contributed by atoms with Gasteiger partial charge in [0.2, 0.25) is 0 Å².